The number of likely N-dealkylation sites (N-methyl/N-ethyl adjacent to an activating group) is 1. The van der Waals surface area contributed by atoms with E-state index in [1.54, 1.807) is 11.3 Å². The summed E-state index contributed by atoms with van der Waals surface area (Å²) < 4.78 is 11.4. The Hall–Kier alpha value is -2.25. The van der Waals surface area contributed by atoms with Gasteiger partial charge in [0.05, 0.1) is 18.8 Å². The first-order chi connectivity index (χ1) is 13.1. The van der Waals surface area contributed by atoms with Crippen LogP contribution in [-0.4, -0.2) is 37.6 Å². The second-order valence-corrected chi connectivity index (χ2v) is 7.92. The Balaban J connectivity index is 1.64. The van der Waals surface area contributed by atoms with E-state index in [4.69, 9.17) is 9.47 Å². The van der Waals surface area contributed by atoms with Gasteiger partial charge in [-0.15, -0.1) is 11.3 Å². The van der Waals surface area contributed by atoms with Crippen LogP contribution >= 0.6 is 11.3 Å². The molecule has 0 unspecified atom stereocenters. The minimum Gasteiger partial charge on any atom is -0.490 e. The first-order valence-electron chi connectivity index (χ1n) is 9.40. The highest BCUT2D eigenvalue weighted by Gasteiger charge is 2.33. The number of carbonyl (C=O) groups excluding carboxylic acids is 1. The van der Waals surface area contributed by atoms with Gasteiger partial charge in [-0.3, -0.25) is 4.79 Å². The zero-order chi connectivity index (χ0) is 19.0. The molecule has 0 radical (unpaired) electrons. The van der Waals surface area contributed by atoms with Crippen LogP contribution in [-0.2, 0) is 13.0 Å². The molecule has 1 aromatic heterocycles. The zero-order valence-electron chi connectivity index (χ0n) is 15.9. The molecule has 1 aromatic carbocycles. The summed E-state index contributed by atoms with van der Waals surface area (Å²) in [6, 6.07) is 5.82. The normalized spacial score (nSPS) is 18.9. The quantitative estimate of drug-likeness (QED) is 0.823. The Labute approximate surface area is 163 Å². The van der Waals surface area contributed by atoms with Crippen LogP contribution in [0.2, 0.25) is 0 Å². The van der Waals surface area contributed by atoms with Crippen LogP contribution in [0.25, 0.3) is 0 Å². The average Bonchev–Trinajstić information content (AvgIpc) is 3.01. The minimum absolute atomic E-state index is 0.00245. The van der Waals surface area contributed by atoms with Crippen LogP contribution < -0.4 is 20.1 Å². The summed E-state index contributed by atoms with van der Waals surface area (Å²) in [6.45, 7) is 6.93. The van der Waals surface area contributed by atoms with Gasteiger partial charge in [0.15, 0.2) is 11.5 Å². The van der Waals surface area contributed by atoms with Gasteiger partial charge in [0.25, 0.3) is 5.91 Å². The van der Waals surface area contributed by atoms with Crippen molar-refractivity contribution in [2.75, 3.05) is 32.1 Å². The third kappa shape index (κ3) is 3.37. The molecule has 0 bridgehead atoms. The van der Waals surface area contributed by atoms with Crippen LogP contribution in [0, 0.1) is 0 Å². The fourth-order valence-corrected chi connectivity index (χ4v) is 5.01. The third-order valence-electron chi connectivity index (χ3n) is 4.93. The molecule has 6 nitrogen and oxygen atoms in total. The standard InChI is InChI=1S/C20H25N3O3S/c1-4-25-14-7-6-12(10-15(14)26-5-2)18-21-19(24)17-13-8-9-23(3)11-16(13)27-20(17)22-18/h6-7,10,18,22H,4-5,8-9,11H2,1-3H3,(H,21,24)/t18-/m1/s1. The van der Waals surface area contributed by atoms with Crippen LogP contribution in [0.1, 0.15) is 46.4 Å². The van der Waals surface area contributed by atoms with E-state index in [1.165, 1.54) is 10.4 Å². The molecule has 2 aliphatic rings. The van der Waals surface area contributed by atoms with Gasteiger partial charge >= 0.3 is 0 Å². The number of carbonyl (C=O) groups is 1. The number of nitrogens with one attached hydrogen (secondary N) is 2. The fraction of sp³-hybridized carbons (Fsp3) is 0.450. The summed E-state index contributed by atoms with van der Waals surface area (Å²) in [5.41, 5.74) is 2.98. The number of anilines is 1. The van der Waals surface area contributed by atoms with Crippen molar-refractivity contribution in [1.82, 2.24) is 10.2 Å². The summed E-state index contributed by atoms with van der Waals surface area (Å²) in [5.74, 6) is 1.42. The monoisotopic (exact) mass is 387 g/mol. The van der Waals surface area contributed by atoms with E-state index in [-0.39, 0.29) is 12.1 Å². The number of nitrogens with zero attached hydrogens (tertiary/aromatic N) is 1. The molecule has 0 aliphatic carbocycles. The maximum absolute atomic E-state index is 12.8. The number of rotatable bonds is 5. The van der Waals surface area contributed by atoms with Gasteiger partial charge in [0.2, 0.25) is 0 Å². The van der Waals surface area contributed by atoms with Gasteiger partial charge in [-0.2, -0.15) is 0 Å². The molecule has 2 aliphatic heterocycles. The lowest BCUT2D eigenvalue weighted by Crippen LogP contribution is -2.38. The SMILES string of the molecule is CCOc1ccc([C@@H]2NC(=O)c3c(sc4c3CCN(C)C4)N2)cc1OCC. The molecule has 2 N–H and O–H groups in total. The highest BCUT2D eigenvalue weighted by molar-refractivity contribution is 7.16. The lowest BCUT2D eigenvalue weighted by atomic mass is 10.0. The Morgan fingerprint density at radius 3 is 2.74 bits per heavy atom. The van der Waals surface area contributed by atoms with Gasteiger partial charge in [0, 0.05) is 18.0 Å². The summed E-state index contributed by atoms with van der Waals surface area (Å²) >= 11 is 1.70. The maximum Gasteiger partial charge on any atom is 0.256 e. The zero-order valence-corrected chi connectivity index (χ0v) is 16.7. The van der Waals surface area contributed by atoms with Gasteiger partial charge in [-0.1, -0.05) is 6.07 Å². The minimum atomic E-state index is -0.280. The predicted molar refractivity (Wildman–Crippen MR) is 107 cm³/mol. The summed E-state index contributed by atoms with van der Waals surface area (Å²) in [7, 11) is 2.12. The van der Waals surface area contributed by atoms with Gasteiger partial charge in [-0.25, -0.2) is 0 Å². The van der Waals surface area contributed by atoms with E-state index in [0.717, 1.165) is 41.4 Å². The molecule has 4 rings (SSSR count). The van der Waals surface area contributed by atoms with Crippen molar-refractivity contribution >= 4 is 22.2 Å². The van der Waals surface area contributed by atoms with Gasteiger partial charge in [-0.05, 0) is 50.6 Å². The number of benzene rings is 1. The highest BCUT2D eigenvalue weighted by Crippen LogP contribution is 2.41. The number of fused-ring (bicyclic) bond motifs is 3. The van der Waals surface area contributed by atoms with E-state index in [0.29, 0.717) is 19.0 Å². The Kier molecular flexibility index (Phi) is 4.97. The van der Waals surface area contributed by atoms with E-state index in [1.807, 2.05) is 32.0 Å². The molecular weight excluding hydrogens is 362 g/mol. The Morgan fingerprint density at radius 1 is 1.19 bits per heavy atom. The Morgan fingerprint density at radius 2 is 1.96 bits per heavy atom. The van der Waals surface area contributed by atoms with Crippen LogP contribution in [0.4, 0.5) is 5.00 Å². The lowest BCUT2D eigenvalue weighted by molar-refractivity contribution is 0.0934. The average molecular weight is 388 g/mol. The van der Waals surface area contributed by atoms with Crippen molar-refractivity contribution in [2.24, 2.45) is 0 Å². The first-order valence-corrected chi connectivity index (χ1v) is 10.2. The number of thiophene rings is 1. The van der Waals surface area contributed by atoms with E-state index >= 15 is 0 Å². The van der Waals surface area contributed by atoms with Gasteiger partial charge in [0.1, 0.15) is 11.2 Å². The number of hydrogen-bond acceptors (Lipinski definition) is 6. The molecular formula is C20H25N3O3S. The first kappa shape index (κ1) is 18.1. The molecule has 2 aromatic rings. The topological polar surface area (TPSA) is 62.8 Å². The van der Waals surface area contributed by atoms with Crippen molar-refractivity contribution in [3.63, 3.8) is 0 Å². The van der Waals surface area contributed by atoms with Crippen molar-refractivity contribution in [1.29, 1.82) is 0 Å². The van der Waals surface area contributed by atoms with Crippen molar-refractivity contribution in [2.45, 2.75) is 33.0 Å². The maximum atomic E-state index is 12.8. The molecule has 0 saturated carbocycles. The number of amides is 1. The summed E-state index contributed by atoms with van der Waals surface area (Å²) in [5, 5.41) is 7.58. The lowest BCUT2D eigenvalue weighted by Gasteiger charge is -2.28. The van der Waals surface area contributed by atoms with Crippen LogP contribution in [0.15, 0.2) is 18.2 Å². The fourth-order valence-electron chi connectivity index (χ4n) is 3.66. The van der Waals surface area contributed by atoms with Crippen molar-refractivity contribution in [3.05, 3.63) is 39.8 Å². The van der Waals surface area contributed by atoms with Crippen LogP contribution in [0.5, 0.6) is 11.5 Å². The molecule has 144 valence electrons. The molecule has 7 heteroatoms. The third-order valence-corrected chi connectivity index (χ3v) is 6.07. The molecule has 0 fully saturated rings. The van der Waals surface area contributed by atoms with E-state index in [9.17, 15) is 4.79 Å². The van der Waals surface area contributed by atoms with Gasteiger partial charge < -0.3 is 25.0 Å². The molecule has 0 saturated heterocycles. The predicted octanol–water partition coefficient (Wildman–Crippen LogP) is 3.39. The number of hydrogen-bond donors (Lipinski definition) is 2. The Bertz CT molecular complexity index is 864. The summed E-state index contributed by atoms with van der Waals surface area (Å²) in [6.07, 6.45) is 0.646. The molecule has 27 heavy (non-hydrogen) atoms. The smallest absolute Gasteiger partial charge is 0.256 e. The van der Waals surface area contributed by atoms with Crippen LogP contribution in [0.3, 0.4) is 0 Å². The van der Waals surface area contributed by atoms with Crippen molar-refractivity contribution < 1.29 is 14.3 Å². The molecule has 3 heterocycles. The largest absolute Gasteiger partial charge is 0.490 e. The van der Waals surface area contributed by atoms with Crippen molar-refractivity contribution in [3.8, 4) is 11.5 Å². The van der Waals surface area contributed by atoms with E-state index in [2.05, 4.69) is 22.6 Å². The van der Waals surface area contributed by atoms with E-state index < -0.39 is 0 Å². The molecule has 1 amide bonds. The number of ether oxygens (including phenoxy) is 2. The molecule has 0 spiro atoms. The second kappa shape index (κ2) is 7.40. The highest BCUT2D eigenvalue weighted by atomic mass is 32.1. The molecule has 1 atom stereocenters. The summed E-state index contributed by atoms with van der Waals surface area (Å²) in [4.78, 5) is 16.4. The second-order valence-electron chi connectivity index (χ2n) is 6.82.